The normalized spacial score (nSPS) is 14.7. The lowest BCUT2D eigenvalue weighted by Crippen LogP contribution is -3.15. The summed E-state index contributed by atoms with van der Waals surface area (Å²) < 4.78 is 5.14. The van der Waals surface area contributed by atoms with E-state index in [-0.39, 0.29) is 18.4 Å². The van der Waals surface area contributed by atoms with Gasteiger partial charge in [-0.2, -0.15) is 5.26 Å². The minimum atomic E-state index is -0.190. The zero-order valence-corrected chi connectivity index (χ0v) is 14.8. The number of carbonyl (C=O) groups excluding carboxylic acids is 2. The Bertz CT molecular complexity index is 837. The molecule has 134 valence electrons. The van der Waals surface area contributed by atoms with Crippen molar-refractivity contribution in [1.29, 1.82) is 5.26 Å². The van der Waals surface area contributed by atoms with Crippen molar-refractivity contribution in [2.75, 3.05) is 38.0 Å². The lowest BCUT2D eigenvalue weighted by molar-refractivity contribution is -0.895. The van der Waals surface area contributed by atoms with Crippen LogP contribution in [0.1, 0.15) is 16.1 Å². The first-order valence-corrected chi connectivity index (χ1v) is 8.60. The summed E-state index contributed by atoms with van der Waals surface area (Å²) in [6.07, 6.45) is 1.48. The first kappa shape index (κ1) is 18.0. The van der Waals surface area contributed by atoms with Crippen LogP contribution in [0.3, 0.4) is 0 Å². The highest BCUT2D eigenvalue weighted by Crippen LogP contribution is 2.20. The Morgan fingerprint density at radius 1 is 1.31 bits per heavy atom. The molecule has 0 spiro atoms. The Labute approximate surface area is 155 Å². The molecule has 3 rings (SSSR count). The van der Waals surface area contributed by atoms with Crippen LogP contribution in [-0.4, -0.2) is 49.4 Å². The van der Waals surface area contributed by atoms with Crippen molar-refractivity contribution in [3.63, 3.8) is 0 Å². The lowest BCUT2D eigenvalue weighted by atomic mass is 10.2. The van der Waals surface area contributed by atoms with Gasteiger partial charge >= 0.3 is 0 Å². The third-order valence-corrected chi connectivity index (χ3v) is 4.51. The molecule has 0 saturated carbocycles. The number of hydrogen-bond donors (Lipinski definition) is 2. The van der Waals surface area contributed by atoms with Crippen molar-refractivity contribution in [2.24, 2.45) is 0 Å². The van der Waals surface area contributed by atoms with Crippen LogP contribution in [0.15, 0.2) is 41.0 Å². The van der Waals surface area contributed by atoms with Crippen molar-refractivity contribution in [3.05, 3.63) is 52.9 Å². The first-order chi connectivity index (χ1) is 12.6. The van der Waals surface area contributed by atoms with Crippen molar-refractivity contribution < 1.29 is 18.9 Å². The molecule has 2 aromatic rings. The van der Waals surface area contributed by atoms with E-state index in [2.05, 4.69) is 5.32 Å². The average Bonchev–Trinajstić information content (AvgIpc) is 3.16. The van der Waals surface area contributed by atoms with Crippen LogP contribution < -0.4 is 10.2 Å². The molecule has 8 heteroatoms. The molecule has 2 heterocycles. The molecule has 0 bridgehead atoms. The van der Waals surface area contributed by atoms with Crippen LogP contribution in [0.4, 0.5) is 5.69 Å². The Morgan fingerprint density at radius 3 is 2.73 bits per heavy atom. The van der Waals surface area contributed by atoms with Gasteiger partial charge in [-0.1, -0.05) is 11.6 Å². The number of benzene rings is 1. The molecule has 0 radical (unpaired) electrons. The Hall–Kier alpha value is -2.82. The molecule has 26 heavy (non-hydrogen) atoms. The van der Waals surface area contributed by atoms with Gasteiger partial charge in [-0.15, -0.1) is 0 Å². The summed E-state index contributed by atoms with van der Waals surface area (Å²) >= 11 is 5.93. The number of quaternary nitrogens is 1. The molecule has 7 nitrogen and oxygen atoms in total. The molecule has 0 aliphatic carbocycles. The van der Waals surface area contributed by atoms with Crippen LogP contribution >= 0.6 is 11.6 Å². The van der Waals surface area contributed by atoms with E-state index in [1.807, 2.05) is 6.07 Å². The topological polar surface area (TPSA) is 90.8 Å². The van der Waals surface area contributed by atoms with Crippen LogP contribution in [-0.2, 0) is 4.79 Å². The van der Waals surface area contributed by atoms with Crippen molar-refractivity contribution >= 4 is 29.1 Å². The summed E-state index contributed by atoms with van der Waals surface area (Å²) in [5, 5.41) is 12.3. The number of nitrogens with zero attached hydrogens (tertiary/aromatic N) is 2. The zero-order valence-electron chi connectivity index (χ0n) is 14.0. The van der Waals surface area contributed by atoms with Crippen LogP contribution in [0, 0.1) is 11.3 Å². The van der Waals surface area contributed by atoms with E-state index < -0.39 is 0 Å². The number of piperazine rings is 1. The third-order valence-electron chi connectivity index (χ3n) is 4.28. The van der Waals surface area contributed by atoms with Gasteiger partial charge in [0.15, 0.2) is 12.3 Å². The molecule has 1 aliphatic heterocycles. The van der Waals surface area contributed by atoms with E-state index in [0.717, 1.165) is 4.90 Å². The van der Waals surface area contributed by atoms with Gasteiger partial charge in [0.1, 0.15) is 6.07 Å². The van der Waals surface area contributed by atoms with Gasteiger partial charge in [-0.3, -0.25) is 9.59 Å². The highest BCUT2D eigenvalue weighted by Gasteiger charge is 2.27. The fourth-order valence-electron chi connectivity index (χ4n) is 2.90. The minimum absolute atomic E-state index is 0.129. The van der Waals surface area contributed by atoms with Crippen molar-refractivity contribution in [2.45, 2.75) is 0 Å². The molecule has 1 fully saturated rings. The fraction of sp³-hybridized carbons (Fsp3) is 0.278. The quantitative estimate of drug-likeness (QED) is 0.828. The molecule has 2 amide bonds. The van der Waals surface area contributed by atoms with Crippen LogP contribution in [0.5, 0.6) is 0 Å². The molecule has 2 N–H and O–H groups in total. The van der Waals surface area contributed by atoms with Gasteiger partial charge in [0, 0.05) is 5.02 Å². The summed E-state index contributed by atoms with van der Waals surface area (Å²) in [4.78, 5) is 27.3. The number of nitrogens with one attached hydrogen (secondary N) is 2. The molecular weight excluding hydrogens is 356 g/mol. The van der Waals surface area contributed by atoms with Crippen molar-refractivity contribution in [1.82, 2.24) is 4.90 Å². The predicted octanol–water partition coefficient (Wildman–Crippen LogP) is 0.784. The van der Waals surface area contributed by atoms with Crippen LogP contribution in [0.2, 0.25) is 5.02 Å². The van der Waals surface area contributed by atoms with Gasteiger partial charge in [0.05, 0.1) is 43.7 Å². The Balaban J connectivity index is 1.52. The second kappa shape index (κ2) is 8.04. The monoisotopic (exact) mass is 373 g/mol. The fourth-order valence-corrected chi connectivity index (χ4v) is 3.07. The van der Waals surface area contributed by atoms with E-state index in [4.69, 9.17) is 21.3 Å². The zero-order chi connectivity index (χ0) is 18.5. The maximum atomic E-state index is 12.3. The van der Waals surface area contributed by atoms with Gasteiger partial charge in [0.25, 0.3) is 11.8 Å². The van der Waals surface area contributed by atoms with Gasteiger partial charge in [-0.25, -0.2) is 0 Å². The first-order valence-electron chi connectivity index (χ1n) is 8.22. The molecule has 1 saturated heterocycles. The van der Waals surface area contributed by atoms with Gasteiger partial charge < -0.3 is 19.5 Å². The van der Waals surface area contributed by atoms with Crippen molar-refractivity contribution in [3.8, 4) is 6.07 Å². The number of furan rings is 1. The molecule has 0 atom stereocenters. The number of rotatable bonds is 4. The number of amides is 2. The second-order valence-corrected chi connectivity index (χ2v) is 6.48. The summed E-state index contributed by atoms with van der Waals surface area (Å²) in [5.41, 5.74) is 0.780. The summed E-state index contributed by atoms with van der Waals surface area (Å²) in [6, 6.07) is 10.1. The van der Waals surface area contributed by atoms with E-state index in [1.165, 1.54) is 6.26 Å². The summed E-state index contributed by atoms with van der Waals surface area (Å²) in [7, 11) is 0. The second-order valence-electron chi connectivity index (χ2n) is 6.05. The SMILES string of the molecule is N#Cc1ccc(Cl)cc1NC(=O)C[NH+]1CCN(C(=O)c2ccco2)CC1. The standard InChI is InChI=1S/C18H17ClN4O3/c19-14-4-3-13(11-20)15(10-14)21-17(24)12-22-5-7-23(8-6-22)18(25)16-2-1-9-26-16/h1-4,9-10H,5-8,12H2,(H,21,24)/p+1. The predicted molar refractivity (Wildman–Crippen MR) is 95.0 cm³/mol. The number of carbonyl (C=O) groups is 2. The largest absolute Gasteiger partial charge is 0.459 e. The highest BCUT2D eigenvalue weighted by molar-refractivity contribution is 6.31. The molecular formula is C18H18ClN4O3+. The number of halogens is 1. The minimum Gasteiger partial charge on any atom is -0.459 e. The number of anilines is 1. The average molecular weight is 374 g/mol. The maximum Gasteiger partial charge on any atom is 0.289 e. The van der Waals surface area contributed by atoms with Gasteiger partial charge in [-0.05, 0) is 30.3 Å². The van der Waals surface area contributed by atoms with E-state index in [9.17, 15) is 9.59 Å². The Morgan fingerprint density at radius 2 is 2.08 bits per heavy atom. The smallest absolute Gasteiger partial charge is 0.289 e. The Kier molecular flexibility index (Phi) is 5.56. The van der Waals surface area contributed by atoms with E-state index >= 15 is 0 Å². The maximum absolute atomic E-state index is 12.3. The van der Waals surface area contributed by atoms with E-state index in [1.54, 1.807) is 35.2 Å². The molecule has 1 aliphatic rings. The van der Waals surface area contributed by atoms with Crippen LogP contribution in [0.25, 0.3) is 0 Å². The summed E-state index contributed by atoms with van der Waals surface area (Å²) in [6.45, 7) is 2.72. The number of nitriles is 1. The number of hydrogen-bond acceptors (Lipinski definition) is 4. The molecule has 0 unspecified atom stereocenters. The summed E-state index contributed by atoms with van der Waals surface area (Å²) in [5.74, 6) is 0.0110. The third kappa shape index (κ3) is 4.23. The molecule has 1 aromatic carbocycles. The van der Waals surface area contributed by atoms with Gasteiger partial charge in [0.2, 0.25) is 0 Å². The van der Waals surface area contributed by atoms with E-state index in [0.29, 0.717) is 48.2 Å². The molecule has 1 aromatic heterocycles. The lowest BCUT2D eigenvalue weighted by Gasteiger charge is -2.31. The highest BCUT2D eigenvalue weighted by atomic mass is 35.5.